The monoisotopic (exact) mass is 157 g/mol. The average Bonchev–Trinajstić information content (AvgIpc) is 1.97. The van der Waals surface area contributed by atoms with Crippen molar-refractivity contribution in [2.24, 2.45) is 11.1 Å². The van der Waals surface area contributed by atoms with Crippen LogP contribution in [0.15, 0.2) is 5.16 Å². The maximum absolute atomic E-state index is 8.64. The maximum Gasteiger partial charge on any atom is 0.0898 e. The van der Waals surface area contributed by atoms with Gasteiger partial charge >= 0.3 is 0 Å². The van der Waals surface area contributed by atoms with E-state index in [2.05, 4.69) is 26.1 Å². The van der Waals surface area contributed by atoms with Crippen LogP contribution in [0.3, 0.4) is 0 Å². The smallest absolute Gasteiger partial charge is 0.0898 e. The van der Waals surface area contributed by atoms with E-state index in [1.807, 2.05) is 0 Å². The van der Waals surface area contributed by atoms with Crippen LogP contribution in [0.1, 0.15) is 20.3 Å². The van der Waals surface area contributed by atoms with Gasteiger partial charge in [0.1, 0.15) is 0 Å². The lowest BCUT2D eigenvalue weighted by Crippen LogP contribution is -3.14. The predicted octanol–water partition coefficient (Wildman–Crippen LogP) is -0.240. The van der Waals surface area contributed by atoms with Gasteiger partial charge in [-0.15, -0.1) is 0 Å². The molecule has 0 radical (unpaired) electrons. The molecule has 1 unspecified atom stereocenters. The van der Waals surface area contributed by atoms with E-state index in [0.717, 1.165) is 18.7 Å². The number of rotatable bonds is 0. The number of hydrogen-bond acceptors (Lipinski definition) is 2. The van der Waals surface area contributed by atoms with E-state index in [-0.39, 0.29) is 0 Å². The molecule has 1 aliphatic heterocycles. The first kappa shape index (κ1) is 8.53. The maximum atomic E-state index is 8.64. The molecule has 3 heteroatoms. The van der Waals surface area contributed by atoms with Crippen LogP contribution in [-0.4, -0.2) is 30.6 Å². The second-order valence-corrected chi connectivity index (χ2v) is 3.65. The van der Waals surface area contributed by atoms with E-state index in [1.54, 1.807) is 0 Å². The van der Waals surface area contributed by atoms with Crippen molar-refractivity contribution < 1.29 is 10.1 Å². The van der Waals surface area contributed by atoms with Crippen molar-refractivity contribution in [2.75, 3.05) is 13.6 Å². The third-order valence-corrected chi connectivity index (χ3v) is 2.68. The van der Waals surface area contributed by atoms with Crippen molar-refractivity contribution in [3.8, 4) is 0 Å². The molecular weight excluding hydrogens is 140 g/mol. The topological polar surface area (TPSA) is 37.0 Å². The molecule has 64 valence electrons. The van der Waals surface area contributed by atoms with Gasteiger partial charge in [0.25, 0.3) is 0 Å². The highest BCUT2D eigenvalue weighted by Gasteiger charge is 2.28. The summed E-state index contributed by atoms with van der Waals surface area (Å²) in [5.74, 6) is 0.441. The van der Waals surface area contributed by atoms with Gasteiger partial charge in [0, 0.05) is 12.3 Å². The standard InChI is InChI=1S/C8H16N2O/c1-6-5-10(3)7(2)4-8(6)9-11/h6-7,11H,4-5H2,1-3H3/p+1/b9-8+/t6-,7-/m0/s1. The molecule has 0 aromatic carbocycles. The third kappa shape index (κ3) is 1.71. The van der Waals surface area contributed by atoms with Crippen LogP contribution >= 0.6 is 0 Å². The second kappa shape index (κ2) is 3.22. The zero-order chi connectivity index (χ0) is 8.43. The normalized spacial score (nSPS) is 42.8. The summed E-state index contributed by atoms with van der Waals surface area (Å²) >= 11 is 0. The fraction of sp³-hybridized carbons (Fsp3) is 0.875. The molecule has 1 heterocycles. The summed E-state index contributed by atoms with van der Waals surface area (Å²) < 4.78 is 0. The Morgan fingerprint density at radius 2 is 2.18 bits per heavy atom. The van der Waals surface area contributed by atoms with Gasteiger partial charge in [-0.25, -0.2) is 0 Å². The third-order valence-electron chi connectivity index (χ3n) is 2.68. The SMILES string of the molecule is C[C@H]1C[NH+](C)[C@@H](C)C/C1=N\O. The van der Waals surface area contributed by atoms with Crippen molar-refractivity contribution in [1.29, 1.82) is 0 Å². The Kier molecular flexibility index (Phi) is 2.49. The summed E-state index contributed by atoms with van der Waals surface area (Å²) in [6, 6.07) is 0.595. The molecule has 3 nitrogen and oxygen atoms in total. The Bertz CT molecular complexity index is 167. The largest absolute Gasteiger partial charge is 0.411 e. The van der Waals surface area contributed by atoms with Crippen molar-refractivity contribution in [3.05, 3.63) is 0 Å². The highest BCUT2D eigenvalue weighted by Crippen LogP contribution is 2.06. The number of quaternary nitrogens is 1. The van der Waals surface area contributed by atoms with E-state index < -0.39 is 0 Å². The fourth-order valence-corrected chi connectivity index (χ4v) is 1.63. The number of nitrogens with zero attached hydrogens (tertiary/aromatic N) is 1. The van der Waals surface area contributed by atoms with Gasteiger partial charge in [0.2, 0.25) is 0 Å². The van der Waals surface area contributed by atoms with E-state index in [9.17, 15) is 0 Å². The molecule has 1 saturated heterocycles. The van der Waals surface area contributed by atoms with E-state index >= 15 is 0 Å². The van der Waals surface area contributed by atoms with Crippen LogP contribution in [0, 0.1) is 5.92 Å². The van der Waals surface area contributed by atoms with Gasteiger partial charge in [-0.3, -0.25) is 0 Å². The molecule has 3 atom stereocenters. The first-order valence-corrected chi connectivity index (χ1v) is 4.18. The van der Waals surface area contributed by atoms with Crippen LogP contribution in [-0.2, 0) is 0 Å². The Balaban J connectivity index is 2.62. The average molecular weight is 157 g/mol. The Morgan fingerprint density at radius 3 is 2.73 bits per heavy atom. The molecule has 11 heavy (non-hydrogen) atoms. The molecule has 0 aromatic rings. The molecule has 0 aliphatic carbocycles. The molecule has 1 fully saturated rings. The highest BCUT2D eigenvalue weighted by atomic mass is 16.4. The first-order valence-electron chi connectivity index (χ1n) is 4.18. The lowest BCUT2D eigenvalue weighted by Gasteiger charge is -2.30. The molecule has 1 aliphatic rings. The van der Waals surface area contributed by atoms with Gasteiger partial charge in [-0.2, -0.15) is 0 Å². The summed E-state index contributed by atoms with van der Waals surface area (Å²) in [5, 5.41) is 12.0. The Morgan fingerprint density at radius 1 is 1.55 bits per heavy atom. The van der Waals surface area contributed by atoms with Crippen molar-refractivity contribution in [1.82, 2.24) is 0 Å². The summed E-state index contributed by atoms with van der Waals surface area (Å²) in [4.78, 5) is 1.53. The highest BCUT2D eigenvalue weighted by molar-refractivity contribution is 5.86. The van der Waals surface area contributed by atoms with Crippen molar-refractivity contribution >= 4 is 5.71 Å². The molecule has 0 aromatic heterocycles. The van der Waals surface area contributed by atoms with E-state index in [0.29, 0.717) is 12.0 Å². The molecule has 0 spiro atoms. The number of nitrogens with one attached hydrogen (secondary N) is 1. The van der Waals surface area contributed by atoms with Crippen molar-refractivity contribution in [2.45, 2.75) is 26.3 Å². The Hall–Kier alpha value is -0.570. The fourth-order valence-electron chi connectivity index (χ4n) is 1.63. The van der Waals surface area contributed by atoms with E-state index in [1.165, 1.54) is 4.90 Å². The van der Waals surface area contributed by atoms with Crippen LogP contribution in [0.4, 0.5) is 0 Å². The number of piperidine rings is 1. The van der Waals surface area contributed by atoms with Crippen LogP contribution in [0.25, 0.3) is 0 Å². The minimum atomic E-state index is 0.441. The molecule has 1 rings (SSSR count). The van der Waals surface area contributed by atoms with Gasteiger partial charge in [-0.05, 0) is 6.92 Å². The van der Waals surface area contributed by atoms with Gasteiger partial charge in [0.05, 0.1) is 25.3 Å². The molecule has 0 amide bonds. The lowest BCUT2D eigenvalue weighted by atomic mass is 9.93. The minimum absolute atomic E-state index is 0.441. The minimum Gasteiger partial charge on any atom is -0.411 e. The van der Waals surface area contributed by atoms with Gasteiger partial charge in [0.15, 0.2) is 0 Å². The summed E-state index contributed by atoms with van der Waals surface area (Å²) in [5.41, 5.74) is 0.961. The first-order chi connectivity index (χ1) is 5.15. The van der Waals surface area contributed by atoms with Crippen molar-refractivity contribution in [3.63, 3.8) is 0 Å². The van der Waals surface area contributed by atoms with Gasteiger partial charge < -0.3 is 10.1 Å². The zero-order valence-electron chi connectivity index (χ0n) is 7.46. The second-order valence-electron chi connectivity index (χ2n) is 3.65. The zero-order valence-corrected chi connectivity index (χ0v) is 7.46. The van der Waals surface area contributed by atoms with Gasteiger partial charge in [-0.1, -0.05) is 12.1 Å². The van der Waals surface area contributed by atoms with Crippen LogP contribution in [0.5, 0.6) is 0 Å². The molecule has 2 N–H and O–H groups in total. The summed E-state index contributed by atoms with van der Waals surface area (Å²) in [6.45, 7) is 5.39. The number of likely N-dealkylation sites (tertiary alicyclic amines) is 1. The number of oxime groups is 1. The van der Waals surface area contributed by atoms with Crippen LogP contribution in [0.2, 0.25) is 0 Å². The number of hydrogen-bond donors (Lipinski definition) is 2. The summed E-state index contributed by atoms with van der Waals surface area (Å²) in [7, 11) is 2.19. The van der Waals surface area contributed by atoms with E-state index in [4.69, 9.17) is 5.21 Å². The lowest BCUT2D eigenvalue weighted by molar-refractivity contribution is -0.908. The Labute approximate surface area is 67.7 Å². The predicted molar refractivity (Wildman–Crippen MR) is 44.2 cm³/mol. The quantitative estimate of drug-likeness (QED) is 0.369. The molecule has 0 saturated carbocycles. The molecular formula is C8H17N2O+. The summed E-state index contributed by atoms with van der Waals surface area (Å²) in [6.07, 6.45) is 0.934. The molecule has 0 bridgehead atoms. The van der Waals surface area contributed by atoms with Crippen LogP contribution < -0.4 is 4.90 Å².